The van der Waals surface area contributed by atoms with Gasteiger partial charge in [0.2, 0.25) is 0 Å². The fraction of sp³-hybridized carbons (Fsp3) is 0.645. The van der Waals surface area contributed by atoms with Gasteiger partial charge in [-0.2, -0.15) is 13.2 Å². The van der Waals surface area contributed by atoms with Gasteiger partial charge in [0, 0.05) is 37.6 Å². The molecule has 7 atom stereocenters. The summed E-state index contributed by atoms with van der Waals surface area (Å²) in [5.41, 5.74) is 1.67. The van der Waals surface area contributed by atoms with E-state index in [9.17, 15) is 32.7 Å². The molecule has 7 nitrogen and oxygen atoms in total. The van der Waals surface area contributed by atoms with Crippen LogP contribution in [0.4, 0.5) is 13.2 Å². The number of nitrogens with one attached hydrogen (secondary N) is 1. The van der Waals surface area contributed by atoms with E-state index in [-0.39, 0.29) is 31.1 Å². The summed E-state index contributed by atoms with van der Waals surface area (Å²) < 4.78 is 50.7. The molecule has 0 spiro atoms. The Morgan fingerprint density at radius 3 is 2.37 bits per heavy atom. The molecular weight excluding hydrogens is 539 g/mol. The highest BCUT2D eigenvalue weighted by Crippen LogP contribution is 2.60. The van der Waals surface area contributed by atoms with Gasteiger partial charge < -0.3 is 19.9 Å². The molecule has 0 aliphatic heterocycles. The van der Waals surface area contributed by atoms with E-state index in [1.54, 1.807) is 0 Å². The highest BCUT2D eigenvalue weighted by molar-refractivity contribution is 5.81. The summed E-state index contributed by atoms with van der Waals surface area (Å²) in [6.07, 6.45) is -2.92. The summed E-state index contributed by atoms with van der Waals surface area (Å²) in [6.45, 7) is 6.60. The van der Waals surface area contributed by atoms with Crippen molar-refractivity contribution in [3.05, 3.63) is 47.0 Å². The van der Waals surface area contributed by atoms with Gasteiger partial charge in [-0.1, -0.05) is 48.4 Å². The van der Waals surface area contributed by atoms with E-state index in [4.69, 9.17) is 9.47 Å². The van der Waals surface area contributed by atoms with Crippen LogP contribution >= 0.6 is 0 Å². The summed E-state index contributed by atoms with van der Waals surface area (Å²) in [4.78, 5) is 35.4. The first-order valence-corrected chi connectivity index (χ1v) is 14.3. The molecular formula is C31H40F3NO6. The lowest BCUT2D eigenvalue weighted by atomic mass is 9.53. The van der Waals surface area contributed by atoms with Crippen molar-refractivity contribution < 1.29 is 42.1 Å². The molecule has 10 heteroatoms. The van der Waals surface area contributed by atoms with Crippen molar-refractivity contribution in [2.75, 3.05) is 13.2 Å². The van der Waals surface area contributed by atoms with Crippen molar-refractivity contribution in [2.45, 2.75) is 90.0 Å². The summed E-state index contributed by atoms with van der Waals surface area (Å²) in [5, 5.41) is 13.6. The molecule has 1 aromatic rings. The average Bonchev–Trinajstić information content (AvgIpc) is 3.17. The number of alkyl halides is 3. The number of halogens is 3. The molecule has 4 rings (SSSR count). The average molecular weight is 580 g/mol. The predicted octanol–water partition coefficient (Wildman–Crippen LogP) is 5.01. The van der Waals surface area contributed by atoms with E-state index in [1.807, 2.05) is 37.3 Å². The molecule has 0 saturated heterocycles. The van der Waals surface area contributed by atoms with E-state index < -0.39 is 46.9 Å². The summed E-state index contributed by atoms with van der Waals surface area (Å²) in [6, 6.07) is 9.62. The van der Waals surface area contributed by atoms with Gasteiger partial charge in [-0.3, -0.25) is 14.4 Å². The molecule has 0 radical (unpaired) electrons. The Balaban J connectivity index is 1.74. The lowest BCUT2D eigenvalue weighted by Gasteiger charge is -2.53. The molecule has 1 amide bonds. The second-order valence-electron chi connectivity index (χ2n) is 12.3. The van der Waals surface area contributed by atoms with Gasteiger partial charge in [0.15, 0.2) is 0 Å². The van der Waals surface area contributed by atoms with Gasteiger partial charge in [0.25, 0.3) is 0 Å². The van der Waals surface area contributed by atoms with Gasteiger partial charge >= 0.3 is 24.0 Å². The number of hydrogen-bond acceptors (Lipinski definition) is 6. The smallest absolute Gasteiger partial charge is 0.466 e. The van der Waals surface area contributed by atoms with Crippen LogP contribution in [0, 0.1) is 23.2 Å². The fourth-order valence-electron chi connectivity index (χ4n) is 7.80. The van der Waals surface area contributed by atoms with Crippen molar-refractivity contribution >= 4 is 17.8 Å². The molecule has 1 saturated carbocycles. The Hall–Kier alpha value is -2.88. The van der Waals surface area contributed by atoms with Crippen LogP contribution in [-0.2, 0) is 29.3 Å². The molecule has 1 fully saturated rings. The van der Waals surface area contributed by atoms with Gasteiger partial charge in [0.05, 0.1) is 12.7 Å². The minimum absolute atomic E-state index is 0.0952. The molecule has 226 valence electrons. The van der Waals surface area contributed by atoms with Gasteiger partial charge in [-0.15, -0.1) is 0 Å². The maximum absolute atomic E-state index is 13.2. The predicted molar refractivity (Wildman–Crippen MR) is 144 cm³/mol. The zero-order valence-electron chi connectivity index (χ0n) is 24.1. The van der Waals surface area contributed by atoms with E-state index in [0.29, 0.717) is 38.5 Å². The lowest BCUT2D eigenvalue weighted by Crippen LogP contribution is -2.51. The lowest BCUT2D eigenvalue weighted by molar-refractivity contribution is -0.174. The molecule has 3 aliphatic rings. The van der Waals surface area contributed by atoms with Crippen LogP contribution in [0.25, 0.3) is 0 Å². The van der Waals surface area contributed by atoms with Gasteiger partial charge in [-0.05, 0) is 62.3 Å². The largest absolute Gasteiger partial charge is 0.471 e. The number of rotatable bonds is 7. The molecule has 0 bridgehead atoms. The van der Waals surface area contributed by atoms with Crippen LogP contribution in [0.15, 0.2) is 41.5 Å². The van der Waals surface area contributed by atoms with Crippen LogP contribution < -0.4 is 5.32 Å². The SMILES string of the molecule is CC(=O)OCC1CC(OC(C)=O)CCC1(C)C1CCC2=C(CC(O)C2(C)c2ccccc2)C1CNC(=O)C(F)(F)F. The minimum atomic E-state index is -5.01. The molecule has 0 aromatic heterocycles. The first-order valence-electron chi connectivity index (χ1n) is 14.3. The third kappa shape index (κ3) is 6.17. The van der Waals surface area contributed by atoms with E-state index in [0.717, 1.165) is 16.7 Å². The molecule has 7 unspecified atom stereocenters. The number of esters is 2. The van der Waals surface area contributed by atoms with Gasteiger partial charge in [-0.25, -0.2) is 0 Å². The number of amides is 1. The number of carbonyl (C=O) groups excluding carboxylic acids is 3. The van der Waals surface area contributed by atoms with Crippen LogP contribution in [-0.4, -0.2) is 54.5 Å². The Morgan fingerprint density at radius 2 is 1.76 bits per heavy atom. The second-order valence-corrected chi connectivity index (χ2v) is 12.3. The highest BCUT2D eigenvalue weighted by Gasteiger charge is 2.55. The van der Waals surface area contributed by atoms with Crippen molar-refractivity contribution in [1.82, 2.24) is 5.32 Å². The molecule has 2 N–H and O–H groups in total. The zero-order chi connectivity index (χ0) is 30.2. The third-order valence-corrected chi connectivity index (χ3v) is 10.00. The number of carbonyl (C=O) groups is 3. The third-order valence-electron chi connectivity index (χ3n) is 10.00. The van der Waals surface area contributed by atoms with Crippen molar-refractivity contribution in [3.63, 3.8) is 0 Å². The topological polar surface area (TPSA) is 102 Å². The van der Waals surface area contributed by atoms with Crippen LogP contribution in [0.2, 0.25) is 0 Å². The number of aliphatic hydroxyl groups is 1. The normalized spacial score (nSPS) is 33.6. The van der Waals surface area contributed by atoms with Crippen molar-refractivity contribution in [3.8, 4) is 0 Å². The highest BCUT2D eigenvalue weighted by atomic mass is 19.4. The fourth-order valence-corrected chi connectivity index (χ4v) is 7.80. The van der Waals surface area contributed by atoms with Crippen molar-refractivity contribution in [2.24, 2.45) is 23.2 Å². The van der Waals surface area contributed by atoms with Gasteiger partial charge in [0.1, 0.15) is 6.10 Å². The number of aliphatic hydroxyl groups excluding tert-OH is 1. The second kappa shape index (κ2) is 11.8. The summed E-state index contributed by atoms with van der Waals surface area (Å²) in [7, 11) is 0. The molecule has 0 heterocycles. The number of hydrogen-bond donors (Lipinski definition) is 2. The Labute approximate surface area is 238 Å². The first-order chi connectivity index (χ1) is 19.2. The van der Waals surface area contributed by atoms with Crippen LogP contribution in [0.1, 0.15) is 71.8 Å². The number of benzene rings is 1. The monoisotopic (exact) mass is 579 g/mol. The summed E-state index contributed by atoms with van der Waals surface area (Å²) >= 11 is 0. The Bertz CT molecular complexity index is 1180. The van der Waals surface area contributed by atoms with E-state index in [1.165, 1.54) is 13.8 Å². The molecule has 41 heavy (non-hydrogen) atoms. The Kier molecular flexibility index (Phi) is 8.92. The van der Waals surface area contributed by atoms with E-state index >= 15 is 0 Å². The standard InChI is InChI=1S/C31H40F3NO6/c1-18(36)40-17-21-14-22(41-19(2)37)12-13-29(21,3)25-10-11-26-23(24(25)16-35-28(39)31(32,33)34)15-27(38)30(26,4)20-8-6-5-7-9-20/h5-9,21-22,24-25,27,38H,10-17H2,1-4H3,(H,35,39). The maximum Gasteiger partial charge on any atom is 0.471 e. The minimum Gasteiger partial charge on any atom is -0.466 e. The first kappa shape index (κ1) is 31.1. The van der Waals surface area contributed by atoms with E-state index in [2.05, 4.69) is 12.2 Å². The number of ether oxygens (including phenoxy) is 2. The zero-order valence-corrected chi connectivity index (χ0v) is 24.1. The van der Waals surface area contributed by atoms with Crippen molar-refractivity contribution in [1.29, 1.82) is 0 Å². The summed E-state index contributed by atoms with van der Waals surface area (Å²) in [5.74, 6) is -3.68. The maximum atomic E-state index is 13.2. The molecule has 1 aromatic carbocycles. The van der Waals surface area contributed by atoms with Crippen LogP contribution in [0.5, 0.6) is 0 Å². The van der Waals surface area contributed by atoms with Crippen LogP contribution in [0.3, 0.4) is 0 Å². The Morgan fingerprint density at radius 1 is 1.07 bits per heavy atom. The molecule has 3 aliphatic carbocycles. The quantitative estimate of drug-likeness (QED) is 0.348.